The van der Waals surface area contributed by atoms with Crippen LogP contribution >= 0.6 is 0 Å². The Morgan fingerprint density at radius 2 is 1.81 bits per heavy atom. The fourth-order valence-corrected chi connectivity index (χ4v) is 4.70. The van der Waals surface area contributed by atoms with Crippen molar-refractivity contribution in [2.75, 3.05) is 0 Å². The van der Waals surface area contributed by atoms with Crippen LogP contribution in [-0.2, 0) is 18.6 Å². The molecule has 2 aromatic carbocycles. The van der Waals surface area contributed by atoms with Gasteiger partial charge in [0.1, 0.15) is 0 Å². The number of benzene rings is 2. The smallest absolute Gasteiger partial charge is 0.252 e. The summed E-state index contributed by atoms with van der Waals surface area (Å²) in [5, 5.41) is 14.1. The second kappa shape index (κ2) is 10.7. The third-order valence-electron chi connectivity index (χ3n) is 7.28. The van der Waals surface area contributed by atoms with Crippen molar-refractivity contribution >= 4 is 10.9 Å². The van der Waals surface area contributed by atoms with Gasteiger partial charge in [0.2, 0.25) is 0 Å². The maximum Gasteiger partial charge on any atom is 0.252 e. The first-order valence-electron chi connectivity index (χ1n) is 12.9. The van der Waals surface area contributed by atoms with Crippen LogP contribution in [0.1, 0.15) is 81.1 Å². The third kappa shape index (κ3) is 5.41. The van der Waals surface area contributed by atoms with Crippen LogP contribution in [-0.4, -0.2) is 30.1 Å². The molecule has 1 unspecified atom stereocenters. The maximum atomic E-state index is 13.2. The largest absolute Gasteiger partial charge is 0.321 e. The number of aryl methyl sites for hydroxylation is 2. The first-order chi connectivity index (χ1) is 17.2. The fraction of sp³-hybridized carbons (Fsp3) is 0.448. The molecular formula is C29H38N6O. The number of nitrogens with one attached hydrogen (secondary N) is 1. The van der Waals surface area contributed by atoms with Crippen LogP contribution in [0.5, 0.6) is 0 Å². The number of fused-ring (bicyclic) bond motifs is 1. The molecule has 0 saturated carbocycles. The Morgan fingerprint density at radius 1 is 1.06 bits per heavy atom. The SMILES string of the molecule is CCCC(c1nnnn1C(C)(C)CC)N(Cc1ccc(C)cc1)Cc1cc2cccc(C)c2[nH]c1=O. The second-order valence-corrected chi connectivity index (χ2v) is 10.5. The maximum absolute atomic E-state index is 13.2. The summed E-state index contributed by atoms with van der Waals surface area (Å²) in [4.78, 5) is 18.7. The van der Waals surface area contributed by atoms with Crippen LogP contribution in [0.3, 0.4) is 0 Å². The minimum absolute atomic E-state index is 0.0373. The Labute approximate surface area is 213 Å². The normalized spacial score (nSPS) is 13.0. The molecule has 2 heterocycles. The van der Waals surface area contributed by atoms with E-state index < -0.39 is 0 Å². The van der Waals surface area contributed by atoms with Crippen molar-refractivity contribution in [1.29, 1.82) is 0 Å². The Kier molecular flexibility index (Phi) is 7.69. The fourth-order valence-electron chi connectivity index (χ4n) is 4.70. The molecule has 0 radical (unpaired) electrons. The van der Waals surface area contributed by atoms with Crippen molar-refractivity contribution in [1.82, 2.24) is 30.1 Å². The van der Waals surface area contributed by atoms with E-state index in [-0.39, 0.29) is 17.1 Å². The Bertz CT molecular complexity index is 1370. The molecule has 0 saturated heterocycles. The number of H-pyrrole nitrogens is 1. The summed E-state index contributed by atoms with van der Waals surface area (Å²) in [6.07, 6.45) is 2.77. The van der Waals surface area contributed by atoms with Crippen molar-refractivity contribution in [3.8, 4) is 0 Å². The number of aromatic amines is 1. The van der Waals surface area contributed by atoms with Gasteiger partial charge in [0, 0.05) is 18.7 Å². The molecule has 0 fully saturated rings. The van der Waals surface area contributed by atoms with Crippen LogP contribution in [0.4, 0.5) is 0 Å². The second-order valence-electron chi connectivity index (χ2n) is 10.5. The van der Waals surface area contributed by atoms with Crippen LogP contribution in [0.15, 0.2) is 53.3 Å². The number of para-hydroxylation sites is 1. The molecule has 36 heavy (non-hydrogen) atoms. The van der Waals surface area contributed by atoms with Crippen LogP contribution in [0, 0.1) is 13.8 Å². The van der Waals surface area contributed by atoms with Crippen LogP contribution in [0.2, 0.25) is 0 Å². The van der Waals surface area contributed by atoms with Gasteiger partial charge >= 0.3 is 0 Å². The van der Waals surface area contributed by atoms with Gasteiger partial charge in [0.05, 0.1) is 17.1 Å². The lowest BCUT2D eigenvalue weighted by molar-refractivity contribution is 0.145. The van der Waals surface area contributed by atoms with Crippen molar-refractivity contribution in [3.63, 3.8) is 0 Å². The summed E-state index contributed by atoms with van der Waals surface area (Å²) < 4.78 is 1.98. The monoisotopic (exact) mass is 486 g/mol. The van der Waals surface area contributed by atoms with E-state index in [4.69, 9.17) is 0 Å². The molecule has 2 aromatic heterocycles. The molecule has 0 aliphatic heterocycles. The van der Waals surface area contributed by atoms with Crippen molar-refractivity contribution in [2.24, 2.45) is 0 Å². The minimum atomic E-state index is -0.210. The van der Waals surface area contributed by atoms with E-state index in [0.29, 0.717) is 13.1 Å². The molecule has 4 rings (SSSR count). The number of hydrogen-bond acceptors (Lipinski definition) is 5. The van der Waals surface area contributed by atoms with Gasteiger partial charge in [-0.15, -0.1) is 5.10 Å². The van der Waals surface area contributed by atoms with Gasteiger partial charge in [-0.05, 0) is 73.5 Å². The predicted octanol–water partition coefficient (Wildman–Crippen LogP) is 5.82. The zero-order valence-corrected chi connectivity index (χ0v) is 22.4. The average molecular weight is 487 g/mol. The highest BCUT2D eigenvalue weighted by Gasteiger charge is 2.31. The lowest BCUT2D eigenvalue weighted by atomic mass is 10.00. The van der Waals surface area contributed by atoms with Gasteiger partial charge in [-0.3, -0.25) is 9.69 Å². The van der Waals surface area contributed by atoms with E-state index in [1.807, 2.05) is 29.8 Å². The van der Waals surface area contributed by atoms with Crippen LogP contribution < -0.4 is 5.56 Å². The van der Waals surface area contributed by atoms with Crippen molar-refractivity contribution < 1.29 is 0 Å². The molecule has 7 heteroatoms. The molecule has 7 nitrogen and oxygen atoms in total. The lowest BCUT2D eigenvalue weighted by Crippen LogP contribution is -2.36. The molecule has 190 valence electrons. The van der Waals surface area contributed by atoms with Crippen molar-refractivity contribution in [3.05, 3.63) is 87.0 Å². The summed E-state index contributed by atoms with van der Waals surface area (Å²) in [5.41, 5.74) is 4.88. The Hall–Kier alpha value is -3.32. The third-order valence-corrected chi connectivity index (χ3v) is 7.28. The molecule has 4 aromatic rings. The Morgan fingerprint density at radius 3 is 2.50 bits per heavy atom. The van der Waals surface area contributed by atoms with E-state index in [2.05, 4.69) is 90.4 Å². The standard InChI is InChI=1S/C29H38N6O/c1-7-10-25(27-31-32-33-35(27)29(5,6)8-2)34(18-22-15-13-20(3)14-16-22)19-24-17-23-12-9-11-21(4)26(23)30-28(24)36/h9,11-17,25H,7-8,10,18-19H2,1-6H3,(H,30,36). The quantitative estimate of drug-likeness (QED) is 0.305. The van der Waals surface area contributed by atoms with E-state index in [9.17, 15) is 4.79 Å². The van der Waals surface area contributed by atoms with Crippen molar-refractivity contribution in [2.45, 2.75) is 85.5 Å². The summed E-state index contributed by atoms with van der Waals surface area (Å²) in [6.45, 7) is 14.0. The number of hydrogen-bond donors (Lipinski definition) is 1. The summed E-state index contributed by atoms with van der Waals surface area (Å²) in [6, 6.07) is 16.7. The lowest BCUT2D eigenvalue weighted by Gasteiger charge is -2.33. The first kappa shape index (κ1) is 25.8. The molecule has 0 spiro atoms. The van der Waals surface area contributed by atoms with Gasteiger partial charge in [-0.2, -0.15) is 0 Å². The number of aromatic nitrogens is 5. The minimum Gasteiger partial charge on any atom is -0.321 e. The number of rotatable bonds is 10. The van der Waals surface area contributed by atoms with E-state index in [1.165, 1.54) is 11.1 Å². The van der Waals surface area contributed by atoms with E-state index >= 15 is 0 Å². The number of pyridine rings is 1. The summed E-state index contributed by atoms with van der Waals surface area (Å²) in [7, 11) is 0. The zero-order valence-electron chi connectivity index (χ0n) is 22.4. The molecule has 0 bridgehead atoms. The Balaban J connectivity index is 1.80. The molecule has 1 N–H and O–H groups in total. The summed E-state index contributed by atoms with van der Waals surface area (Å²) in [5.74, 6) is 0.851. The molecule has 0 aliphatic rings. The highest BCUT2D eigenvalue weighted by molar-refractivity contribution is 5.81. The van der Waals surface area contributed by atoms with Gasteiger partial charge in [-0.1, -0.05) is 68.3 Å². The predicted molar refractivity (Wildman–Crippen MR) is 145 cm³/mol. The molecule has 0 amide bonds. The molecule has 1 atom stereocenters. The van der Waals surface area contributed by atoms with Gasteiger partial charge in [0.25, 0.3) is 5.56 Å². The first-order valence-corrected chi connectivity index (χ1v) is 12.9. The van der Waals surface area contributed by atoms with Crippen LogP contribution in [0.25, 0.3) is 10.9 Å². The average Bonchev–Trinajstić information content (AvgIpc) is 3.35. The van der Waals surface area contributed by atoms with E-state index in [0.717, 1.165) is 47.1 Å². The zero-order chi connectivity index (χ0) is 25.9. The topological polar surface area (TPSA) is 79.7 Å². The molecular weight excluding hydrogens is 448 g/mol. The highest BCUT2D eigenvalue weighted by Crippen LogP contribution is 2.31. The van der Waals surface area contributed by atoms with E-state index in [1.54, 1.807) is 0 Å². The van der Waals surface area contributed by atoms with Gasteiger partial charge in [0.15, 0.2) is 5.82 Å². The van der Waals surface area contributed by atoms with Gasteiger partial charge in [-0.25, -0.2) is 4.68 Å². The highest BCUT2D eigenvalue weighted by atomic mass is 16.1. The van der Waals surface area contributed by atoms with Gasteiger partial charge < -0.3 is 4.98 Å². The number of tetrazole rings is 1. The molecule has 0 aliphatic carbocycles. The number of nitrogens with zero attached hydrogens (tertiary/aromatic N) is 5. The summed E-state index contributed by atoms with van der Waals surface area (Å²) >= 11 is 0.